The molecule has 0 unspecified atom stereocenters. The third kappa shape index (κ3) is 3.06. The van der Waals surface area contributed by atoms with E-state index < -0.39 is 21.0 Å². The van der Waals surface area contributed by atoms with Crippen molar-refractivity contribution in [3.8, 4) is 5.75 Å². The second kappa shape index (κ2) is 7.16. The summed E-state index contributed by atoms with van der Waals surface area (Å²) < 4.78 is 6.67. The van der Waals surface area contributed by atoms with Crippen molar-refractivity contribution in [2.75, 3.05) is 4.90 Å². The number of benzene rings is 3. The van der Waals surface area contributed by atoms with Crippen LogP contribution < -0.4 is 9.64 Å². The van der Waals surface area contributed by atoms with Gasteiger partial charge < -0.3 is 9.64 Å². The Hall–Kier alpha value is -4.20. The van der Waals surface area contributed by atoms with Crippen LogP contribution in [0.5, 0.6) is 5.75 Å². The molecule has 0 amide bonds. The average Bonchev–Trinajstić information content (AvgIpc) is 3.00. The summed E-state index contributed by atoms with van der Waals surface area (Å²) >= 11 is 0. The summed E-state index contributed by atoms with van der Waals surface area (Å²) in [7, 11) is 0. The molecule has 33 heavy (non-hydrogen) atoms. The molecule has 0 saturated heterocycles. The van der Waals surface area contributed by atoms with Gasteiger partial charge in [-0.05, 0) is 55.3 Å². The van der Waals surface area contributed by atoms with Crippen LogP contribution in [0.1, 0.15) is 30.5 Å². The van der Waals surface area contributed by atoms with E-state index in [1.807, 2.05) is 30.4 Å². The zero-order chi connectivity index (χ0) is 23.4. The Morgan fingerprint density at radius 2 is 1.61 bits per heavy atom. The number of hydrogen-bond acceptors (Lipinski definition) is 6. The fraction of sp³-hybridized carbons (Fsp3) is 0.200. The molecule has 8 nitrogen and oxygen atoms in total. The number of rotatable bonds is 4. The largest absolute Gasteiger partial charge is 0.463 e. The Bertz CT molecular complexity index is 1320. The Labute approximate surface area is 190 Å². The zero-order valence-corrected chi connectivity index (χ0v) is 18.1. The SMILES string of the molecule is CC1(C)c2ccccc2N2Cc3cc([N+](=O)[O-])ccc3O[C@]21/C=C/c1ccc([N+](=O)[O-])cc1. The van der Waals surface area contributed by atoms with Gasteiger partial charge in [-0.15, -0.1) is 0 Å². The molecule has 2 aliphatic heterocycles. The van der Waals surface area contributed by atoms with Crippen molar-refractivity contribution in [2.45, 2.75) is 31.5 Å². The molecule has 0 aromatic heterocycles. The van der Waals surface area contributed by atoms with Crippen molar-refractivity contribution in [2.24, 2.45) is 0 Å². The average molecular weight is 443 g/mol. The van der Waals surface area contributed by atoms with E-state index in [1.54, 1.807) is 24.3 Å². The lowest BCUT2D eigenvalue weighted by atomic mass is 9.76. The summed E-state index contributed by atoms with van der Waals surface area (Å²) in [5, 5.41) is 22.3. The molecule has 0 aliphatic carbocycles. The topological polar surface area (TPSA) is 98.8 Å². The fourth-order valence-electron chi connectivity index (χ4n) is 4.82. The minimum absolute atomic E-state index is 0.0259. The molecule has 0 bridgehead atoms. The van der Waals surface area contributed by atoms with Crippen molar-refractivity contribution < 1.29 is 14.6 Å². The van der Waals surface area contributed by atoms with Gasteiger partial charge in [0.1, 0.15) is 5.75 Å². The molecule has 2 heterocycles. The number of non-ortho nitro benzene ring substituents is 2. The highest BCUT2D eigenvalue weighted by atomic mass is 16.6. The molecule has 3 aromatic carbocycles. The van der Waals surface area contributed by atoms with E-state index in [0.717, 1.165) is 22.4 Å². The molecule has 166 valence electrons. The van der Waals surface area contributed by atoms with E-state index in [1.165, 1.54) is 18.2 Å². The summed E-state index contributed by atoms with van der Waals surface area (Å²) in [5.74, 6) is 0.603. The van der Waals surface area contributed by atoms with Crippen LogP contribution in [-0.2, 0) is 12.0 Å². The highest BCUT2D eigenvalue weighted by molar-refractivity contribution is 5.71. The molecule has 0 radical (unpaired) electrons. The number of anilines is 1. The highest BCUT2D eigenvalue weighted by Crippen LogP contribution is 2.56. The Morgan fingerprint density at radius 3 is 2.30 bits per heavy atom. The van der Waals surface area contributed by atoms with E-state index in [2.05, 4.69) is 24.8 Å². The van der Waals surface area contributed by atoms with Gasteiger partial charge in [0.05, 0.1) is 21.8 Å². The van der Waals surface area contributed by atoms with Gasteiger partial charge in [0.15, 0.2) is 0 Å². The van der Waals surface area contributed by atoms with Crippen LogP contribution >= 0.6 is 0 Å². The lowest BCUT2D eigenvalue weighted by molar-refractivity contribution is -0.385. The van der Waals surface area contributed by atoms with Gasteiger partial charge in [-0.1, -0.05) is 24.3 Å². The van der Waals surface area contributed by atoms with Gasteiger partial charge in [-0.3, -0.25) is 20.2 Å². The number of hydrogen-bond donors (Lipinski definition) is 0. The van der Waals surface area contributed by atoms with Crippen molar-refractivity contribution in [1.82, 2.24) is 0 Å². The molecule has 0 N–H and O–H groups in total. The standard InChI is InChI=1S/C25H21N3O5/c1-24(2)21-5-3-4-6-22(21)26-16-18-15-20(28(31)32)11-12-23(18)33-25(24,26)14-13-17-7-9-19(10-8-17)27(29)30/h3-15H,16H2,1-2H3/b14-13+/t25-/m0/s1. The van der Waals surface area contributed by atoms with Crippen molar-refractivity contribution in [3.63, 3.8) is 0 Å². The first-order chi connectivity index (χ1) is 15.7. The molecule has 0 saturated carbocycles. The van der Waals surface area contributed by atoms with Gasteiger partial charge in [-0.2, -0.15) is 0 Å². The molecule has 1 atom stereocenters. The van der Waals surface area contributed by atoms with E-state index >= 15 is 0 Å². The van der Waals surface area contributed by atoms with Crippen LogP contribution in [0.15, 0.2) is 72.8 Å². The number of nitrogens with zero attached hydrogens (tertiary/aromatic N) is 3. The number of fused-ring (bicyclic) bond motifs is 4. The van der Waals surface area contributed by atoms with E-state index in [9.17, 15) is 20.2 Å². The number of nitro groups is 2. The lowest BCUT2D eigenvalue weighted by Crippen LogP contribution is -2.60. The Kier molecular flexibility index (Phi) is 4.49. The van der Waals surface area contributed by atoms with Crippen LogP contribution in [0.25, 0.3) is 6.08 Å². The third-order valence-corrected chi connectivity index (χ3v) is 6.62. The van der Waals surface area contributed by atoms with Crippen LogP contribution in [0.2, 0.25) is 0 Å². The van der Waals surface area contributed by atoms with Crippen molar-refractivity contribution in [3.05, 3.63) is 110 Å². The Morgan fingerprint density at radius 1 is 0.939 bits per heavy atom. The molecule has 5 rings (SSSR count). The smallest absolute Gasteiger partial charge is 0.270 e. The first-order valence-electron chi connectivity index (χ1n) is 10.5. The quantitative estimate of drug-likeness (QED) is 0.384. The molecular formula is C25H21N3O5. The molecule has 3 aromatic rings. The van der Waals surface area contributed by atoms with E-state index in [4.69, 9.17) is 4.74 Å². The lowest BCUT2D eigenvalue weighted by Gasteiger charge is -2.48. The molecular weight excluding hydrogens is 422 g/mol. The number of para-hydroxylation sites is 1. The molecule has 0 spiro atoms. The predicted octanol–water partition coefficient (Wildman–Crippen LogP) is 5.60. The second-order valence-corrected chi connectivity index (χ2v) is 8.76. The van der Waals surface area contributed by atoms with Gasteiger partial charge in [0.2, 0.25) is 5.72 Å². The fourth-order valence-corrected chi connectivity index (χ4v) is 4.82. The van der Waals surface area contributed by atoms with Crippen LogP contribution in [-0.4, -0.2) is 15.6 Å². The summed E-state index contributed by atoms with van der Waals surface area (Å²) in [5.41, 5.74) is 2.38. The minimum atomic E-state index is -0.887. The first kappa shape index (κ1) is 20.7. The summed E-state index contributed by atoms with van der Waals surface area (Å²) in [6.07, 6.45) is 3.89. The zero-order valence-electron chi connectivity index (χ0n) is 18.1. The van der Waals surface area contributed by atoms with Gasteiger partial charge in [0, 0.05) is 35.5 Å². The number of nitro benzene ring substituents is 2. The maximum atomic E-state index is 11.3. The minimum Gasteiger partial charge on any atom is -0.463 e. The van der Waals surface area contributed by atoms with Crippen LogP contribution in [0.3, 0.4) is 0 Å². The van der Waals surface area contributed by atoms with Gasteiger partial charge >= 0.3 is 0 Å². The molecule has 2 aliphatic rings. The summed E-state index contributed by atoms with van der Waals surface area (Å²) in [6.45, 7) is 4.67. The summed E-state index contributed by atoms with van der Waals surface area (Å²) in [4.78, 5) is 23.6. The van der Waals surface area contributed by atoms with Crippen LogP contribution in [0.4, 0.5) is 17.1 Å². The van der Waals surface area contributed by atoms with Crippen LogP contribution in [0, 0.1) is 20.2 Å². The Balaban J connectivity index is 1.63. The molecule has 0 fully saturated rings. The first-order valence-corrected chi connectivity index (χ1v) is 10.5. The maximum absolute atomic E-state index is 11.3. The predicted molar refractivity (Wildman–Crippen MR) is 124 cm³/mol. The van der Waals surface area contributed by atoms with E-state index in [0.29, 0.717) is 12.3 Å². The third-order valence-electron chi connectivity index (χ3n) is 6.62. The highest BCUT2D eigenvalue weighted by Gasteiger charge is 2.59. The normalized spacial score (nSPS) is 20.0. The summed E-state index contributed by atoms with van der Waals surface area (Å²) in [6, 6.07) is 19.1. The monoisotopic (exact) mass is 443 g/mol. The second-order valence-electron chi connectivity index (χ2n) is 8.76. The van der Waals surface area contributed by atoms with Gasteiger partial charge in [-0.25, -0.2) is 0 Å². The maximum Gasteiger partial charge on any atom is 0.270 e. The van der Waals surface area contributed by atoms with Crippen molar-refractivity contribution >= 4 is 23.1 Å². The molecule has 8 heteroatoms. The van der Waals surface area contributed by atoms with Crippen molar-refractivity contribution in [1.29, 1.82) is 0 Å². The number of ether oxygens (including phenoxy) is 1. The van der Waals surface area contributed by atoms with E-state index in [-0.39, 0.29) is 11.4 Å². The van der Waals surface area contributed by atoms with Gasteiger partial charge in [0.25, 0.3) is 11.4 Å².